The van der Waals surface area contributed by atoms with Crippen LogP contribution in [0.5, 0.6) is 0 Å². The molecular weight excluding hydrogens is 360 g/mol. The van der Waals surface area contributed by atoms with Gasteiger partial charge in [-0.2, -0.15) is 0 Å². The first kappa shape index (κ1) is 15.9. The molecule has 6 heteroatoms. The number of carboxylic acid groups (broad SMARTS) is 1. The lowest BCUT2D eigenvalue weighted by molar-refractivity contribution is -0.142. The Labute approximate surface area is 142 Å². The number of carbonyl (C=O) groups is 2. The van der Waals surface area contributed by atoms with Crippen molar-refractivity contribution in [1.29, 1.82) is 0 Å². The number of amides is 1. The van der Waals surface area contributed by atoms with Gasteiger partial charge in [-0.15, -0.1) is 0 Å². The van der Waals surface area contributed by atoms with Gasteiger partial charge in [0.15, 0.2) is 0 Å². The number of aliphatic carboxylic acids is 1. The fourth-order valence-corrected chi connectivity index (χ4v) is 3.49. The topological polar surface area (TPSA) is 70.5 Å². The second kappa shape index (κ2) is 5.92. The number of carbonyl (C=O) groups excluding carboxylic acids is 1. The first-order valence-corrected chi connectivity index (χ1v) is 8.25. The number of carboxylic acids is 1. The van der Waals surface area contributed by atoms with Gasteiger partial charge in [0.05, 0.1) is 17.0 Å². The summed E-state index contributed by atoms with van der Waals surface area (Å²) in [5.41, 5.74) is 2.11. The zero-order valence-electron chi connectivity index (χ0n) is 12.9. The highest BCUT2D eigenvalue weighted by Gasteiger charge is 2.37. The Morgan fingerprint density at radius 3 is 2.70 bits per heavy atom. The maximum absolute atomic E-state index is 12.9. The number of rotatable bonds is 2. The average Bonchev–Trinajstić information content (AvgIpc) is 2.88. The standard InChI is InChI=1S/C17H17BrN2O3/c1-9-7-20(8-14(9)17(22)23)16(21)13-5-10(2)19-15-4-3-11(18)6-12(13)15/h3-6,9,14H,7-8H2,1-2H3,(H,22,23)/t9-,14-/m1/s1. The molecule has 1 aliphatic heterocycles. The normalized spacial score (nSPS) is 20.9. The fourth-order valence-electron chi connectivity index (χ4n) is 3.13. The van der Waals surface area contributed by atoms with E-state index in [9.17, 15) is 14.7 Å². The van der Waals surface area contributed by atoms with E-state index >= 15 is 0 Å². The Morgan fingerprint density at radius 2 is 2.04 bits per heavy atom. The highest BCUT2D eigenvalue weighted by atomic mass is 79.9. The first-order chi connectivity index (χ1) is 10.9. The van der Waals surface area contributed by atoms with Crippen LogP contribution >= 0.6 is 15.9 Å². The van der Waals surface area contributed by atoms with E-state index in [-0.39, 0.29) is 18.4 Å². The molecule has 0 saturated carbocycles. The molecule has 0 spiro atoms. The largest absolute Gasteiger partial charge is 0.481 e. The summed E-state index contributed by atoms with van der Waals surface area (Å²) in [5.74, 6) is -1.52. The number of likely N-dealkylation sites (tertiary alicyclic amines) is 1. The molecule has 1 aromatic heterocycles. The number of hydrogen-bond donors (Lipinski definition) is 1. The lowest BCUT2D eigenvalue weighted by Gasteiger charge is -2.17. The molecular formula is C17H17BrN2O3. The van der Waals surface area contributed by atoms with Crippen molar-refractivity contribution >= 4 is 38.7 Å². The summed E-state index contributed by atoms with van der Waals surface area (Å²) in [6.07, 6.45) is 0. The molecule has 5 nitrogen and oxygen atoms in total. The Hall–Kier alpha value is -1.95. The second-order valence-corrected chi connectivity index (χ2v) is 7.02. The highest BCUT2D eigenvalue weighted by Crippen LogP contribution is 2.28. The number of pyridine rings is 1. The van der Waals surface area contributed by atoms with E-state index in [2.05, 4.69) is 20.9 Å². The van der Waals surface area contributed by atoms with Crippen LogP contribution in [0.2, 0.25) is 0 Å². The highest BCUT2D eigenvalue weighted by molar-refractivity contribution is 9.10. The van der Waals surface area contributed by atoms with E-state index in [4.69, 9.17) is 0 Å². The van der Waals surface area contributed by atoms with Gasteiger partial charge in [-0.3, -0.25) is 14.6 Å². The van der Waals surface area contributed by atoms with Gasteiger partial charge >= 0.3 is 5.97 Å². The molecule has 1 N–H and O–H groups in total. The van der Waals surface area contributed by atoms with Crippen LogP contribution in [0.4, 0.5) is 0 Å². The van der Waals surface area contributed by atoms with Gasteiger partial charge in [-0.05, 0) is 37.1 Å². The minimum atomic E-state index is -0.841. The molecule has 0 radical (unpaired) electrons. The molecule has 0 aliphatic carbocycles. The average molecular weight is 377 g/mol. The quantitative estimate of drug-likeness (QED) is 0.873. The van der Waals surface area contributed by atoms with Crippen LogP contribution < -0.4 is 0 Å². The SMILES string of the molecule is Cc1cc(C(=O)N2C[C@@H](C)[C@H](C(=O)O)C2)c2cc(Br)ccc2n1. The zero-order valence-corrected chi connectivity index (χ0v) is 14.5. The lowest BCUT2D eigenvalue weighted by Crippen LogP contribution is -2.30. The maximum Gasteiger partial charge on any atom is 0.308 e. The molecule has 2 heterocycles. The molecule has 1 aromatic carbocycles. The van der Waals surface area contributed by atoms with Crippen LogP contribution in [0.1, 0.15) is 23.0 Å². The van der Waals surface area contributed by atoms with Crippen molar-refractivity contribution in [2.75, 3.05) is 13.1 Å². The Morgan fingerprint density at radius 1 is 1.30 bits per heavy atom. The van der Waals surface area contributed by atoms with Crippen LogP contribution in [-0.4, -0.2) is 40.0 Å². The molecule has 1 saturated heterocycles. The number of hydrogen-bond acceptors (Lipinski definition) is 3. The van der Waals surface area contributed by atoms with Gasteiger partial charge in [0.25, 0.3) is 5.91 Å². The van der Waals surface area contributed by atoms with Crippen molar-refractivity contribution in [2.24, 2.45) is 11.8 Å². The summed E-state index contributed by atoms with van der Waals surface area (Å²) < 4.78 is 0.878. The number of fused-ring (bicyclic) bond motifs is 1. The van der Waals surface area contributed by atoms with E-state index in [1.807, 2.05) is 32.0 Å². The molecule has 1 aliphatic rings. The number of aromatic nitrogens is 1. The zero-order chi connectivity index (χ0) is 16.7. The summed E-state index contributed by atoms with van der Waals surface area (Å²) in [6, 6.07) is 7.41. The summed E-state index contributed by atoms with van der Waals surface area (Å²) in [7, 11) is 0. The van der Waals surface area contributed by atoms with Crippen molar-refractivity contribution in [3.05, 3.63) is 40.0 Å². The van der Waals surface area contributed by atoms with Crippen molar-refractivity contribution in [3.63, 3.8) is 0 Å². The Balaban J connectivity index is 2.01. The van der Waals surface area contributed by atoms with Crippen molar-refractivity contribution in [3.8, 4) is 0 Å². The first-order valence-electron chi connectivity index (χ1n) is 7.46. The fraction of sp³-hybridized carbons (Fsp3) is 0.353. The van der Waals surface area contributed by atoms with Crippen LogP contribution in [-0.2, 0) is 4.79 Å². The predicted octanol–water partition coefficient (Wildman–Crippen LogP) is 3.10. The molecule has 1 amide bonds. The third-order valence-corrected chi connectivity index (χ3v) is 4.84. The predicted molar refractivity (Wildman–Crippen MR) is 90.4 cm³/mol. The van der Waals surface area contributed by atoms with Crippen LogP contribution in [0.15, 0.2) is 28.7 Å². The van der Waals surface area contributed by atoms with E-state index < -0.39 is 11.9 Å². The summed E-state index contributed by atoms with van der Waals surface area (Å²) in [4.78, 5) is 30.3. The molecule has 0 unspecified atom stereocenters. The minimum absolute atomic E-state index is 0.0441. The molecule has 1 fully saturated rings. The number of nitrogens with zero attached hydrogens (tertiary/aromatic N) is 2. The van der Waals surface area contributed by atoms with E-state index in [1.165, 1.54) is 0 Å². The number of aryl methyl sites for hydroxylation is 1. The minimum Gasteiger partial charge on any atom is -0.481 e. The molecule has 23 heavy (non-hydrogen) atoms. The van der Waals surface area contributed by atoms with Crippen molar-refractivity contribution in [1.82, 2.24) is 9.88 Å². The Bertz CT molecular complexity index is 806. The summed E-state index contributed by atoms with van der Waals surface area (Å²) in [6.45, 7) is 4.45. The van der Waals surface area contributed by atoms with Gasteiger partial charge in [0, 0.05) is 28.6 Å². The van der Waals surface area contributed by atoms with Gasteiger partial charge in [-0.25, -0.2) is 0 Å². The summed E-state index contributed by atoms with van der Waals surface area (Å²) in [5, 5.41) is 10.0. The van der Waals surface area contributed by atoms with Crippen molar-refractivity contribution < 1.29 is 14.7 Å². The second-order valence-electron chi connectivity index (χ2n) is 6.10. The van der Waals surface area contributed by atoms with Gasteiger partial charge in [-0.1, -0.05) is 22.9 Å². The number of benzene rings is 1. The molecule has 3 rings (SSSR count). The van der Waals surface area contributed by atoms with Crippen LogP contribution in [0.3, 0.4) is 0 Å². The van der Waals surface area contributed by atoms with E-state index in [0.29, 0.717) is 12.1 Å². The molecule has 2 atom stereocenters. The lowest BCUT2D eigenvalue weighted by atomic mass is 9.99. The molecule has 0 bridgehead atoms. The van der Waals surface area contributed by atoms with Crippen LogP contribution in [0.25, 0.3) is 10.9 Å². The van der Waals surface area contributed by atoms with Gasteiger partial charge in [0.2, 0.25) is 0 Å². The maximum atomic E-state index is 12.9. The van der Waals surface area contributed by atoms with E-state index in [1.54, 1.807) is 11.0 Å². The van der Waals surface area contributed by atoms with Crippen LogP contribution in [0, 0.1) is 18.8 Å². The Kier molecular flexibility index (Phi) is 4.10. The third kappa shape index (κ3) is 2.95. The van der Waals surface area contributed by atoms with Gasteiger partial charge < -0.3 is 10.0 Å². The molecule has 2 aromatic rings. The van der Waals surface area contributed by atoms with E-state index in [0.717, 1.165) is 21.1 Å². The smallest absolute Gasteiger partial charge is 0.308 e. The third-order valence-electron chi connectivity index (χ3n) is 4.35. The van der Waals surface area contributed by atoms with Crippen molar-refractivity contribution in [2.45, 2.75) is 13.8 Å². The monoisotopic (exact) mass is 376 g/mol. The summed E-state index contributed by atoms with van der Waals surface area (Å²) >= 11 is 3.43. The number of halogens is 1. The van der Waals surface area contributed by atoms with Gasteiger partial charge in [0.1, 0.15) is 0 Å². The molecule has 120 valence electrons.